The van der Waals surface area contributed by atoms with Crippen molar-refractivity contribution in [2.45, 2.75) is 19.8 Å². The van der Waals surface area contributed by atoms with Crippen LogP contribution >= 0.6 is 0 Å². The van der Waals surface area contributed by atoms with Gasteiger partial charge in [0, 0.05) is 24.3 Å². The molecular formula is C22H26N4O. The van der Waals surface area contributed by atoms with E-state index >= 15 is 0 Å². The number of hydrogen-bond donors (Lipinski definition) is 3. The van der Waals surface area contributed by atoms with Gasteiger partial charge in [-0.15, -0.1) is 6.42 Å². The van der Waals surface area contributed by atoms with Gasteiger partial charge in [-0.25, -0.2) is 4.99 Å². The first kappa shape index (κ1) is 20.1. The SMILES string of the molecule is C#Cc1cccc(NC(=O)CN=C(NCC)NCC(C)c2ccccc2)c1. The molecule has 0 fully saturated rings. The summed E-state index contributed by atoms with van der Waals surface area (Å²) < 4.78 is 0. The van der Waals surface area contributed by atoms with Gasteiger partial charge in [-0.05, 0) is 36.6 Å². The summed E-state index contributed by atoms with van der Waals surface area (Å²) in [6, 6.07) is 17.5. The Labute approximate surface area is 161 Å². The van der Waals surface area contributed by atoms with Gasteiger partial charge in [-0.1, -0.05) is 49.2 Å². The highest BCUT2D eigenvalue weighted by Crippen LogP contribution is 2.13. The zero-order chi connectivity index (χ0) is 19.5. The molecule has 3 N–H and O–H groups in total. The Morgan fingerprint density at radius 1 is 1.15 bits per heavy atom. The van der Waals surface area contributed by atoms with Crippen molar-refractivity contribution in [3.63, 3.8) is 0 Å². The van der Waals surface area contributed by atoms with Gasteiger partial charge in [0.2, 0.25) is 5.91 Å². The van der Waals surface area contributed by atoms with Crippen LogP contribution in [0.15, 0.2) is 59.6 Å². The summed E-state index contributed by atoms with van der Waals surface area (Å²) in [6.45, 7) is 5.61. The molecule has 5 heteroatoms. The summed E-state index contributed by atoms with van der Waals surface area (Å²) in [5, 5.41) is 9.26. The van der Waals surface area contributed by atoms with E-state index in [1.54, 1.807) is 12.1 Å². The van der Waals surface area contributed by atoms with Gasteiger partial charge in [0.1, 0.15) is 6.54 Å². The molecule has 27 heavy (non-hydrogen) atoms. The molecule has 0 bridgehead atoms. The van der Waals surface area contributed by atoms with E-state index in [1.165, 1.54) is 5.56 Å². The monoisotopic (exact) mass is 362 g/mol. The van der Waals surface area contributed by atoms with Crippen LogP contribution in [0.4, 0.5) is 5.69 Å². The number of nitrogens with zero attached hydrogens (tertiary/aromatic N) is 1. The number of carbonyl (C=O) groups is 1. The minimum atomic E-state index is -0.197. The van der Waals surface area contributed by atoms with Crippen LogP contribution in [0.25, 0.3) is 0 Å². The number of hydrogen-bond acceptors (Lipinski definition) is 2. The van der Waals surface area contributed by atoms with Crippen molar-refractivity contribution in [1.82, 2.24) is 10.6 Å². The Hall–Kier alpha value is -3.26. The molecule has 5 nitrogen and oxygen atoms in total. The molecule has 2 aromatic rings. The summed E-state index contributed by atoms with van der Waals surface area (Å²) in [6.07, 6.45) is 5.38. The smallest absolute Gasteiger partial charge is 0.246 e. The number of rotatable bonds is 7. The van der Waals surface area contributed by atoms with E-state index in [1.807, 2.05) is 37.3 Å². The van der Waals surface area contributed by atoms with E-state index in [-0.39, 0.29) is 12.5 Å². The van der Waals surface area contributed by atoms with Crippen LogP contribution in [-0.4, -0.2) is 31.5 Å². The van der Waals surface area contributed by atoms with Gasteiger partial charge in [-0.2, -0.15) is 0 Å². The van der Waals surface area contributed by atoms with E-state index in [2.05, 4.69) is 45.9 Å². The molecule has 0 heterocycles. The number of benzene rings is 2. The Bertz CT molecular complexity index is 809. The Morgan fingerprint density at radius 2 is 1.93 bits per heavy atom. The lowest BCUT2D eigenvalue weighted by atomic mass is 10.0. The zero-order valence-electron chi connectivity index (χ0n) is 15.8. The highest BCUT2D eigenvalue weighted by molar-refractivity contribution is 5.94. The molecule has 1 atom stereocenters. The molecule has 0 spiro atoms. The van der Waals surface area contributed by atoms with Crippen molar-refractivity contribution in [3.8, 4) is 12.3 Å². The molecule has 0 saturated carbocycles. The second-order valence-corrected chi connectivity index (χ2v) is 6.16. The second kappa shape index (κ2) is 10.7. The number of nitrogens with one attached hydrogen (secondary N) is 3. The Morgan fingerprint density at radius 3 is 2.63 bits per heavy atom. The van der Waals surface area contributed by atoms with E-state index in [0.717, 1.165) is 18.7 Å². The lowest BCUT2D eigenvalue weighted by Crippen LogP contribution is -2.39. The van der Waals surface area contributed by atoms with Gasteiger partial charge in [0.15, 0.2) is 5.96 Å². The number of terminal acetylenes is 1. The highest BCUT2D eigenvalue weighted by atomic mass is 16.1. The molecule has 1 unspecified atom stereocenters. The fourth-order valence-electron chi connectivity index (χ4n) is 2.53. The fourth-order valence-corrected chi connectivity index (χ4v) is 2.53. The van der Waals surface area contributed by atoms with Crippen LogP contribution in [0.3, 0.4) is 0 Å². The predicted molar refractivity (Wildman–Crippen MR) is 112 cm³/mol. The van der Waals surface area contributed by atoms with E-state index in [4.69, 9.17) is 6.42 Å². The largest absolute Gasteiger partial charge is 0.357 e. The van der Waals surface area contributed by atoms with Crippen LogP contribution in [0.5, 0.6) is 0 Å². The maximum atomic E-state index is 12.2. The topological polar surface area (TPSA) is 65.5 Å². The highest BCUT2D eigenvalue weighted by Gasteiger charge is 2.07. The summed E-state index contributed by atoms with van der Waals surface area (Å²) in [7, 11) is 0. The maximum Gasteiger partial charge on any atom is 0.246 e. The van der Waals surface area contributed by atoms with Gasteiger partial charge < -0.3 is 16.0 Å². The van der Waals surface area contributed by atoms with Crippen LogP contribution in [0.1, 0.15) is 30.9 Å². The van der Waals surface area contributed by atoms with Gasteiger partial charge >= 0.3 is 0 Å². The third-order valence-electron chi connectivity index (χ3n) is 3.98. The van der Waals surface area contributed by atoms with Crippen LogP contribution < -0.4 is 16.0 Å². The molecule has 0 radical (unpaired) electrons. The lowest BCUT2D eigenvalue weighted by Gasteiger charge is -2.16. The number of carbonyl (C=O) groups excluding carboxylic acids is 1. The van der Waals surface area contributed by atoms with Gasteiger partial charge in [0.05, 0.1) is 0 Å². The average molecular weight is 362 g/mol. The van der Waals surface area contributed by atoms with E-state index < -0.39 is 0 Å². The second-order valence-electron chi connectivity index (χ2n) is 6.16. The quantitative estimate of drug-likeness (QED) is 0.403. The normalized spacial score (nSPS) is 12.0. The van der Waals surface area contributed by atoms with E-state index in [0.29, 0.717) is 17.6 Å². The van der Waals surface area contributed by atoms with Crippen LogP contribution in [0.2, 0.25) is 0 Å². The van der Waals surface area contributed by atoms with Crippen molar-refractivity contribution in [2.24, 2.45) is 4.99 Å². The molecule has 0 aliphatic rings. The lowest BCUT2D eigenvalue weighted by molar-refractivity contribution is -0.114. The first-order chi connectivity index (χ1) is 13.1. The summed E-state index contributed by atoms with van der Waals surface area (Å²) in [5.41, 5.74) is 2.65. The number of aliphatic imine (C=N–C) groups is 1. The van der Waals surface area contributed by atoms with Crippen molar-refractivity contribution >= 4 is 17.6 Å². The number of anilines is 1. The minimum absolute atomic E-state index is 0.0231. The molecule has 2 aromatic carbocycles. The number of amides is 1. The van der Waals surface area contributed by atoms with Crippen molar-refractivity contribution < 1.29 is 4.79 Å². The van der Waals surface area contributed by atoms with Crippen molar-refractivity contribution in [3.05, 3.63) is 65.7 Å². The molecule has 0 aliphatic heterocycles. The predicted octanol–water partition coefficient (Wildman–Crippen LogP) is 2.97. The summed E-state index contributed by atoms with van der Waals surface area (Å²) in [4.78, 5) is 16.5. The number of guanidine groups is 1. The van der Waals surface area contributed by atoms with Crippen molar-refractivity contribution in [1.29, 1.82) is 0 Å². The van der Waals surface area contributed by atoms with Crippen LogP contribution in [-0.2, 0) is 4.79 Å². The van der Waals surface area contributed by atoms with Crippen LogP contribution in [0, 0.1) is 12.3 Å². The first-order valence-corrected chi connectivity index (χ1v) is 9.06. The standard InChI is InChI=1S/C22H26N4O/c1-4-18-10-9-13-20(14-18)26-21(27)16-25-22(23-5-2)24-15-17(3)19-11-7-6-8-12-19/h1,6-14,17H,5,15-16H2,2-3H3,(H,26,27)(H2,23,24,25). The molecule has 0 saturated heterocycles. The van der Waals surface area contributed by atoms with E-state index in [9.17, 15) is 4.79 Å². The average Bonchev–Trinajstić information content (AvgIpc) is 2.70. The minimum Gasteiger partial charge on any atom is -0.357 e. The maximum absolute atomic E-state index is 12.2. The molecular weight excluding hydrogens is 336 g/mol. The summed E-state index contributed by atoms with van der Waals surface area (Å²) >= 11 is 0. The molecule has 2 rings (SSSR count). The third kappa shape index (κ3) is 6.87. The molecule has 0 aliphatic carbocycles. The first-order valence-electron chi connectivity index (χ1n) is 9.06. The molecule has 140 valence electrons. The molecule has 1 amide bonds. The molecule has 0 aromatic heterocycles. The Balaban J connectivity index is 1.90. The van der Waals surface area contributed by atoms with Crippen molar-refractivity contribution in [2.75, 3.05) is 25.0 Å². The Kier molecular flexibility index (Phi) is 7.92. The summed E-state index contributed by atoms with van der Waals surface area (Å²) in [5.74, 6) is 3.30. The third-order valence-corrected chi connectivity index (χ3v) is 3.98. The fraction of sp³-hybridized carbons (Fsp3) is 0.273. The zero-order valence-corrected chi connectivity index (χ0v) is 15.8. The van der Waals surface area contributed by atoms with Gasteiger partial charge in [-0.3, -0.25) is 4.79 Å². The van der Waals surface area contributed by atoms with Gasteiger partial charge in [0.25, 0.3) is 0 Å².